The Morgan fingerprint density at radius 1 is 1.23 bits per heavy atom. The predicted molar refractivity (Wildman–Crippen MR) is 75.8 cm³/mol. The van der Waals surface area contributed by atoms with Gasteiger partial charge in [-0.3, -0.25) is 9.59 Å². The van der Waals surface area contributed by atoms with Crippen molar-refractivity contribution in [1.29, 1.82) is 0 Å². The number of amides is 2. The van der Waals surface area contributed by atoms with E-state index >= 15 is 0 Å². The van der Waals surface area contributed by atoms with Crippen LogP contribution in [0.5, 0.6) is 0 Å². The van der Waals surface area contributed by atoms with Crippen LogP contribution in [0.4, 0.5) is 0 Å². The molecule has 22 heavy (non-hydrogen) atoms. The molecule has 1 aliphatic heterocycles. The first kappa shape index (κ1) is 18.3. The first-order valence-corrected chi connectivity index (χ1v) is 7.10. The van der Waals surface area contributed by atoms with Gasteiger partial charge in [0.1, 0.15) is 6.04 Å². The van der Waals surface area contributed by atoms with Crippen LogP contribution in [-0.4, -0.2) is 69.9 Å². The maximum absolute atomic E-state index is 11.7. The summed E-state index contributed by atoms with van der Waals surface area (Å²) < 4.78 is 15.2. The Morgan fingerprint density at radius 2 is 1.86 bits per heavy atom. The molecule has 4 N–H and O–H groups in total. The molecule has 1 saturated heterocycles. The average Bonchev–Trinajstić information content (AvgIpc) is 2.52. The summed E-state index contributed by atoms with van der Waals surface area (Å²) in [7, 11) is 1.22. The Balaban J connectivity index is 2.61. The van der Waals surface area contributed by atoms with E-state index in [2.05, 4.69) is 15.4 Å². The minimum absolute atomic E-state index is 0.00668. The number of nitrogens with one attached hydrogen (secondary N) is 2. The van der Waals surface area contributed by atoms with Crippen molar-refractivity contribution in [2.75, 3.05) is 40.1 Å². The molecule has 0 radical (unpaired) electrons. The van der Waals surface area contributed by atoms with Gasteiger partial charge in [-0.2, -0.15) is 0 Å². The van der Waals surface area contributed by atoms with Crippen LogP contribution in [0.3, 0.4) is 0 Å². The van der Waals surface area contributed by atoms with E-state index in [1.807, 2.05) is 0 Å². The fourth-order valence-corrected chi connectivity index (χ4v) is 1.75. The number of carbonyl (C=O) groups excluding carboxylic acids is 3. The second kappa shape index (κ2) is 10.1. The Hall–Kier alpha value is -1.71. The molecule has 0 aliphatic carbocycles. The zero-order valence-corrected chi connectivity index (χ0v) is 12.6. The second-order valence-corrected chi connectivity index (χ2v) is 4.82. The average molecular weight is 317 g/mol. The lowest BCUT2D eigenvalue weighted by atomic mass is 10.3. The fraction of sp³-hybridized carbons (Fsp3) is 0.769. The van der Waals surface area contributed by atoms with Gasteiger partial charge in [-0.05, 0) is 12.8 Å². The van der Waals surface area contributed by atoms with Gasteiger partial charge in [0.25, 0.3) is 0 Å². The lowest BCUT2D eigenvalue weighted by Gasteiger charge is -2.17. The van der Waals surface area contributed by atoms with E-state index in [1.54, 1.807) is 0 Å². The highest BCUT2D eigenvalue weighted by Gasteiger charge is 2.22. The van der Waals surface area contributed by atoms with Gasteiger partial charge < -0.3 is 30.6 Å². The molecule has 2 atom stereocenters. The van der Waals surface area contributed by atoms with Crippen LogP contribution < -0.4 is 16.4 Å². The number of methoxy groups -OCH3 is 1. The highest BCUT2D eigenvalue weighted by Crippen LogP contribution is 1.96. The summed E-state index contributed by atoms with van der Waals surface area (Å²) in [5, 5.41) is 4.83. The molecular weight excluding hydrogens is 294 g/mol. The standard InChI is InChI=1S/C13H23N3O6/c1-20-13(19)10-8-22-5-3-2-4-21-7-9(14)12(18)15-6-11(17)16-10/h9-10H,2-8,14H2,1H3,(H,15,18)(H,16,17)/t9-,10-/m0/s1. The Morgan fingerprint density at radius 3 is 2.50 bits per heavy atom. The summed E-state index contributed by atoms with van der Waals surface area (Å²) in [5.41, 5.74) is 5.63. The highest BCUT2D eigenvalue weighted by atomic mass is 16.5. The van der Waals surface area contributed by atoms with Crippen molar-refractivity contribution in [2.24, 2.45) is 5.73 Å². The van der Waals surface area contributed by atoms with Gasteiger partial charge in [0.2, 0.25) is 11.8 Å². The largest absolute Gasteiger partial charge is 0.467 e. The summed E-state index contributed by atoms with van der Waals surface area (Å²) >= 11 is 0. The molecule has 0 aromatic heterocycles. The zero-order chi connectivity index (χ0) is 16.4. The molecule has 0 bridgehead atoms. The van der Waals surface area contributed by atoms with E-state index in [9.17, 15) is 14.4 Å². The summed E-state index contributed by atoms with van der Waals surface area (Å²) in [5.74, 6) is -1.63. The highest BCUT2D eigenvalue weighted by molar-refractivity contribution is 5.89. The molecule has 9 nitrogen and oxygen atoms in total. The molecule has 1 rings (SSSR count). The van der Waals surface area contributed by atoms with E-state index in [4.69, 9.17) is 15.2 Å². The number of carbonyl (C=O) groups is 3. The fourth-order valence-electron chi connectivity index (χ4n) is 1.75. The molecule has 1 aliphatic rings. The van der Waals surface area contributed by atoms with Crippen LogP contribution >= 0.6 is 0 Å². The third kappa shape index (κ3) is 6.83. The van der Waals surface area contributed by atoms with E-state index in [1.165, 1.54) is 7.11 Å². The first-order chi connectivity index (χ1) is 10.5. The summed E-state index contributed by atoms with van der Waals surface area (Å²) in [6.07, 6.45) is 1.47. The van der Waals surface area contributed by atoms with E-state index in [0.717, 1.165) is 12.8 Å². The Bertz CT molecular complexity index is 390. The number of hydrogen-bond acceptors (Lipinski definition) is 7. The summed E-state index contributed by atoms with van der Waals surface area (Å²) in [6.45, 7) is 0.684. The third-order valence-electron chi connectivity index (χ3n) is 2.99. The summed E-state index contributed by atoms with van der Waals surface area (Å²) in [6, 6.07) is -1.75. The number of nitrogens with two attached hydrogens (primary N) is 1. The van der Waals surface area contributed by atoms with Crippen molar-refractivity contribution in [1.82, 2.24) is 10.6 Å². The van der Waals surface area contributed by atoms with Crippen molar-refractivity contribution < 1.29 is 28.6 Å². The monoisotopic (exact) mass is 317 g/mol. The Kier molecular flexibility index (Phi) is 8.41. The lowest BCUT2D eigenvalue weighted by molar-refractivity contribution is -0.146. The minimum Gasteiger partial charge on any atom is -0.467 e. The van der Waals surface area contributed by atoms with Crippen LogP contribution in [0.25, 0.3) is 0 Å². The number of rotatable bonds is 1. The van der Waals surface area contributed by atoms with Crippen molar-refractivity contribution in [3.8, 4) is 0 Å². The smallest absolute Gasteiger partial charge is 0.330 e. The first-order valence-electron chi connectivity index (χ1n) is 7.10. The van der Waals surface area contributed by atoms with Crippen LogP contribution in [-0.2, 0) is 28.6 Å². The molecule has 1 fully saturated rings. The quantitative estimate of drug-likeness (QED) is 0.473. The van der Waals surface area contributed by atoms with Crippen molar-refractivity contribution >= 4 is 17.8 Å². The molecule has 0 saturated carbocycles. The normalized spacial score (nSPS) is 26.1. The van der Waals surface area contributed by atoms with Crippen LogP contribution in [0.1, 0.15) is 12.8 Å². The molecule has 9 heteroatoms. The molecule has 1 heterocycles. The molecule has 0 aromatic rings. The molecule has 0 unspecified atom stereocenters. The molecule has 0 aromatic carbocycles. The third-order valence-corrected chi connectivity index (χ3v) is 2.99. The van der Waals surface area contributed by atoms with Crippen molar-refractivity contribution in [2.45, 2.75) is 24.9 Å². The van der Waals surface area contributed by atoms with Crippen molar-refractivity contribution in [3.63, 3.8) is 0 Å². The zero-order valence-electron chi connectivity index (χ0n) is 12.6. The van der Waals surface area contributed by atoms with Crippen LogP contribution in [0, 0.1) is 0 Å². The SMILES string of the molecule is COC(=O)[C@@H]1COCCCCOC[C@H](N)C(=O)NCC(=O)N1. The van der Waals surface area contributed by atoms with Gasteiger partial charge in [-0.1, -0.05) is 0 Å². The lowest BCUT2D eigenvalue weighted by Crippen LogP contribution is -2.50. The molecule has 0 spiro atoms. The second-order valence-electron chi connectivity index (χ2n) is 4.82. The van der Waals surface area contributed by atoms with Gasteiger partial charge >= 0.3 is 5.97 Å². The Labute approximate surface area is 128 Å². The maximum Gasteiger partial charge on any atom is 0.330 e. The molecular formula is C13H23N3O6. The molecule has 2 amide bonds. The van der Waals surface area contributed by atoms with Gasteiger partial charge in [-0.15, -0.1) is 0 Å². The number of ether oxygens (including phenoxy) is 3. The van der Waals surface area contributed by atoms with E-state index in [0.29, 0.717) is 13.2 Å². The number of esters is 1. The van der Waals surface area contributed by atoms with E-state index < -0.39 is 29.9 Å². The predicted octanol–water partition coefficient (Wildman–Crippen LogP) is -2.09. The van der Waals surface area contributed by atoms with Gasteiger partial charge in [-0.25, -0.2) is 4.79 Å². The van der Waals surface area contributed by atoms with Crippen LogP contribution in [0.2, 0.25) is 0 Å². The number of hydrogen-bond donors (Lipinski definition) is 3. The minimum atomic E-state index is -0.913. The van der Waals surface area contributed by atoms with Gasteiger partial charge in [0.05, 0.1) is 26.9 Å². The van der Waals surface area contributed by atoms with Gasteiger partial charge in [0.15, 0.2) is 6.04 Å². The maximum atomic E-state index is 11.7. The van der Waals surface area contributed by atoms with Gasteiger partial charge in [0, 0.05) is 13.2 Å². The molecule has 126 valence electrons. The van der Waals surface area contributed by atoms with Crippen LogP contribution in [0.15, 0.2) is 0 Å². The topological polar surface area (TPSA) is 129 Å². The summed E-state index contributed by atoms with van der Waals surface area (Å²) in [4.78, 5) is 35.0. The van der Waals surface area contributed by atoms with E-state index in [-0.39, 0.29) is 19.8 Å². The van der Waals surface area contributed by atoms with Crippen molar-refractivity contribution in [3.05, 3.63) is 0 Å².